The van der Waals surface area contributed by atoms with Crippen LogP contribution in [0.4, 0.5) is 0 Å². The maximum Gasteiger partial charge on any atom is 0.254 e. The molecule has 1 aromatic carbocycles. The van der Waals surface area contributed by atoms with Crippen LogP contribution < -0.4 is 5.73 Å². The quantitative estimate of drug-likeness (QED) is 0.926. The monoisotopic (exact) mass is 315 g/mol. The molecule has 1 amide bonds. The molecule has 0 saturated carbocycles. The van der Waals surface area contributed by atoms with Crippen LogP contribution in [0.1, 0.15) is 35.8 Å². The number of carbonyl (C=O) groups excluding carboxylic acids is 1. The third-order valence-electron chi connectivity index (χ3n) is 4.15. The average molecular weight is 315 g/mol. The molecule has 0 unspecified atom stereocenters. The fourth-order valence-corrected chi connectivity index (χ4v) is 3.74. The van der Waals surface area contributed by atoms with E-state index in [0.29, 0.717) is 0 Å². The number of amides is 1. The van der Waals surface area contributed by atoms with Crippen molar-refractivity contribution in [2.45, 2.75) is 38.8 Å². The third kappa shape index (κ3) is 3.05. The molecule has 22 heavy (non-hydrogen) atoms. The minimum atomic E-state index is 0.0922. The smallest absolute Gasteiger partial charge is 0.254 e. The summed E-state index contributed by atoms with van der Waals surface area (Å²) in [4.78, 5) is 19.2. The van der Waals surface area contributed by atoms with E-state index in [4.69, 9.17) is 5.73 Å². The second-order valence-electron chi connectivity index (χ2n) is 6.01. The molecular weight excluding hydrogens is 294 g/mol. The SMILES string of the molecule is Cc1csc(-c2cccc(C(=O)N3CC[C@H](N)C[C@H]3C)c2)n1. The van der Waals surface area contributed by atoms with E-state index in [0.717, 1.165) is 41.2 Å². The fourth-order valence-electron chi connectivity index (χ4n) is 2.95. The Bertz CT molecular complexity index is 682. The molecule has 1 aliphatic rings. The highest BCUT2D eigenvalue weighted by atomic mass is 32.1. The number of likely N-dealkylation sites (tertiary alicyclic amines) is 1. The summed E-state index contributed by atoms with van der Waals surface area (Å²) in [7, 11) is 0. The molecule has 0 spiro atoms. The number of nitrogens with two attached hydrogens (primary N) is 1. The Morgan fingerprint density at radius 2 is 2.27 bits per heavy atom. The van der Waals surface area contributed by atoms with Crippen molar-refractivity contribution in [3.05, 3.63) is 40.9 Å². The van der Waals surface area contributed by atoms with E-state index in [1.807, 2.05) is 41.5 Å². The lowest BCUT2D eigenvalue weighted by Crippen LogP contribution is -2.48. The maximum atomic E-state index is 12.8. The largest absolute Gasteiger partial charge is 0.336 e. The highest BCUT2D eigenvalue weighted by Crippen LogP contribution is 2.26. The zero-order valence-electron chi connectivity index (χ0n) is 13.0. The molecule has 1 aliphatic heterocycles. The Morgan fingerprint density at radius 3 is 2.95 bits per heavy atom. The van der Waals surface area contributed by atoms with Gasteiger partial charge in [-0.1, -0.05) is 12.1 Å². The number of benzene rings is 1. The molecule has 0 bridgehead atoms. The first-order valence-corrected chi connectivity index (χ1v) is 8.51. The van der Waals surface area contributed by atoms with Gasteiger partial charge < -0.3 is 10.6 Å². The minimum Gasteiger partial charge on any atom is -0.336 e. The number of piperidine rings is 1. The van der Waals surface area contributed by atoms with Crippen molar-refractivity contribution >= 4 is 17.2 Å². The van der Waals surface area contributed by atoms with E-state index in [2.05, 4.69) is 11.9 Å². The summed E-state index contributed by atoms with van der Waals surface area (Å²) in [5.41, 5.74) is 8.73. The highest BCUT2D eigenvalue weighted by molar-refractivity contribution is 7.13. The van der Waals surface area contributed by atoms with Gasteiger partial charge in [-0.3, -0.25) is 4.79 Å². The number of aryl methyl sites for hydroxylation is 1. The van der Waals surface area contributed by atoms with E-state index in [-0.39, 0.29) is 18.0 Å². The zero-order valence-corrected chi connectivity index (χ0v) is 13.8. The van der Waals surface area contributed by atoms with E-state index in [9.17, 15) is 4.79 Å². The first kappa shape index (κ1) is 15.2. The van der Waals surface area contributed by atoms with Gasteiger partial charge in [0.1, 0.15) is 5.01 Å². The van der Waals surface area contributed by atoms with Crippen molar-refractivity contribution in [1.82, 2.24) is 9.88 Å². The topological polar surface area (TPSA) is 59.2 Å². The van der Waals surface area contributed by atoms with Crippen LogP contribution in [0.25, 0.3) is 10.6 Å². The van der Waals surface area contributed by atoms with Gasteiger partial charge in [-0.2, -0.15) is 0 Å². The van der Waals surface area contributed by atoms with Crippen molar-refractivity contribution in [2.75, 3.05) is 6.54 Å². The lowest BCUT2D eigenvalue weighted by Gasteiger charge is -2.36. The molecule has 2 heterocycles. The molecule has 3 rings (SSSR count). The van der Waals surface area contributed by atoms with Crippen molar-refractivity contribution in [3.63, 3.8) is 0 Å². The van der Waals surface area contributed by atoms with Gasteiger partial charge in [-0.15, -0.1) is 11.3 Å². The van der Waals surface area contributed by atoms with Crippen molar-refractivity contribution < 1.29 is 4.79 Å². The van der Waals surface area contributed by atoms with Crippen LogP contribution in [-0.2, 0) is 0 Å². The molecule has 2 N–H and O–H groups in total. The standard InChI is InChI=1S/C17H21N3OS/c1-11-10-22-16(19-11)13-4-3-5-14(9-13)17(21)20-7-6-15(18)8-12(20)2/h3-5,9-10,12,15H,6-8,18H2,1-2H3/t12-,15+/m1/s1. The predicted octanol–water partition coefficient (Wildman–Crippen LogP) is 3.07. The molecule has 1 saturated heterocycles. The Morgan fingerprint density at radius 1 is 1.45 bits per heavy atom. The second kappa shape index (κ2) is 6.18. The number of thiazole rings is 1. The predicted molar refractivity (Wildman–Crippen MR) is 90.0 cm³/mol. The molecule has 4 nitrogen and oxygen atoms in total. The maximum absolute atomic E-state index is 12.8. The van der Waals surface area contributed by atoms with Crippen LogP contribution in [0, 0.1) is 6.92 Å². The molecule has 0 aliphatic carbocycles. The number of aromatic nitrogens is 1. The van der Waals surface area contributed by atoms with Crippen molar-refractivity contribution in [2.24, 2.45) is 5.73 Å². The summed E-state index contributed by atoms with van der Waals surface area (Å²) in [5.74, 6) is 0.0922. The molecule has 2 aromatic rings. The lowest BCUT2D eigenvalue weighted by molar-refractivity contribution is 0.0619. The van der Waals surface area contributed by atoms with Crippen molar-refractivity contribution in [1.29, 1.82) is 0 Å². The van der Waals surface area contributed by atoms with Crippen LogP contribution in [-0.4, -0.2) is 34.4 Å². The summed E-state index contributed by atoms with van der Waals surface area (Å²) in [6, 6.07) is 8.17. The molecule has 116 valence electrons. The first-order valence-electron chi connectivity index (χ1n) is 7.63. The van der Waals surface area contributed by atoms with Gasteiger partial charge in [-0.25, -0.2) is 4.98 Å². The van der Waals surface area contributed by atoms with E-state index < -0.39 is 0 Å². The van der Waals surface area contributed by atoms with Gasteiger partial charge in [0, 0.05) is 40.8 Å². The average Bonchev–Trinajstić information content (AvgIpc) is 2.93. The number of hydrogen-bond acceptors (Lipinski definition) is 4. The van der Waals surface area contributed by atoms with E-state index >= 15 is 0 Å². The number of nitrogens with zero attached hydrogens (tertiary/aromatic N) is 2. The summed E-state index contributed by atoms with van der Waals surface area (Å²) >= 11 is 1.61. The molecule has 0 radical (unpaired) electrons. The van der Waals surface area contributed by atoms with E-state index in [1.54, 1.807) is 11.3 Å². The van der Waals surface area contributed by atoms with Gasteiger partial charge in [0.05, 0.1) is 0 Å². The number of rotatable bonds is 2. The van der Waals surface area contributed by atoms with Gasteiger partial charge in [-0.05, 0) is 38.8 Å². The van der Waals surface area contributed by atoms with Crippen LogP contribution in [0.15, 0.2) is 29.6 Å². The zero-order chi connectivity index (χ0) is 15.7. The molecule has 1 fully saturated rings. The van der Waals surface area contributed by atoms with Crippen LogP contribution in [0.5, 0.6) is 0 Å². The highest BCUT2D eigenvalue weighted by Gasteiger charge is 2.27. The molecular formula is C17H21N3OS. The van der Waals surface area contributed by atoms with Crippen LogP contribution in [0.2, 0.25) is 0 Å². The number of carbonyl (C=O) groups is 1. The third-order valence-corrected chi connectivity index (χ3v) is 5.16. The Labute approximate surface area is 135 Å². The summed E-state index contributed by atoms with van der Waals surface area (Å²) in [6.45, 7) is 4.79. The Hall–Kier alpha value is -1.72. The van der Waals surface area contributed by atoms with Gasteiger partial charge in [0.25, 0.3) is 5.91 Å². The summed E-state index contributed by atoms with van der Waals surface area (Å²) in [6.07, 6.45) is 1.75. The van der Waals surface area contributed by atoms with Gasteiger partial charge in [0.2, 0.25) is 0 Å². The summed E-state index contributed by atoms with van der Waals surface area (Å²) < 4.78 is 0. The van der Waals surface area contributed by atoms with Gasteiger partial charge in [0.15, 0.2) is 0 Å². The lowest BCUT2D eigenvalue weighted by atomic mass is 9.98. The molecule has 2 atom stereocenters. The normalized spacial score (nSPS) is 21.9. The van der Waals surface area contributed by atoms with Crippen LogP contribution >= 0.6 is 11.3 Å². The van der Waals surface area contributed by atoms with Crippen LogP contribution in [0.3, 0.4) is 0 Å². The molecule has 5 heteroatoms. The van der Waals surface area contributed by atoms with E-state index in [1.165, 1.54) is 0 Å². The Kier molecular flexibility index (Phi) is 4.27. The second-order valence-corrected chi connectivity index (χ2v) is 6.86. The van der Waals surface area contributed by atoms with Crippen molar-refractivity contribution in [3.8, 4) is 10.6 Å². The first-order chi connectivity index (χ1) is 10.5. The summed E-state index contributed by atoms with van der Waals surface area (Å²) in [5, 5.41) is 2.98. The van der Waals surface area contributed by atoms with Gasteiger partial charge >= 0.3 is 0 Å². The molecule has 1 aromatic heterocycles. The Balaban J connectivity index is 1.84. The fraction of sp³-hybridized carbons (Fsp3) is 0.412. The number of hydrogen-bond donors (Lipinski definition) is 1. The minimum absolute atomic E-state index is 0.0922.